The Balaban J connectivity index is 1.60. The third kappa shape index (κ3) is 6.28. The van der Waals surface area contributed by atoms with Crippen LogP contribution in [0.2, 0.25) is 0 Å². The number of carbonyl (C=O) groups is 2. The number of ether oxygens (including phenoxy) is 1. The van der Waals surface area contributed by atoms with Gasteiger partial charge in [0.1, 0.15) is 12.4 Å². The summed E-state index contributed by atoms with van der Waals surface area (Å²) in [4.78, 5) is 24.6. The van der Waals surface area contributed by atoms with Crippen LogP contribution in [0.3, 0.4) is 0 Å². The van der Waals surface area contributed by atoms with Gasteiger partial charge in [-0.15, -0.1) is 0 Å². The van der Waals surface area contributed by atoms with Crippen LogP contribution < -0.4 is 10.6 Å². The van der Waals surface area contributed by atoms with Gasteiger partial charge in [0.25, 0.3) is 0 Å². The van der Waals surface area contributed by atoms with E-state index in [2.05, 4.69) is 31.4 Å². The Hall–Kier alpha value is -3.45. The summed E-state index contributed by atoms with van der Waals surface area (Å²) in [5.41, 5.74) is 3.58. The van der Waals surface area contributed by atoms with E-state index >= 15 is 0 Å². The smallest absolute Gasteiger partial charge is 0.246 e. The first-order chi connectivity index (χ1) is 15.2. The van der Waals surface area contributed by atoms with E-state index in [1.54, 1.807) is 4.68 Å². The molecule has 7 nitrogen and oxygen atoms in total. The van der Waals surface area contributed by atoms with Crippen LogP contribution in [0.4, 0.5) is 5.82 Å². The van der Waals surface area contributed by atoms with Gasteiger partial charge in [-0.05, 0) is 24.1 Å². The van der Waals surface area contributed by atoms with Crippen molar-refractivity contribution in [2.24, 2.45) is 0 Å². The van der Waals surface area contributed by atoms with Crippen molar-refractivity contribution < 1.29 is 14.3 Å². The predicted molar refractivity (Wildman–Crippen MR) is 125 cm³/mol. The van der Waals surface area contributed by atoms with Crippen molar-refractivity contribution in [1.82, 2.24) is 15.1 Å². The minimum absolute atomic E-state index is 0.114. The quantitative estimate of drug-likeness (QED) is 0.565. The summed E-state index contributed by atoms with van der Waals surface area (Å²) < 4.78 is 7.14. The molecular weight excluding hydrogens is 404 g/mol. The lowest BCUT2D eigenvalue weighted by Gasteiger charge is -2.14. The predicted octanol–water partition coefficient (Wildman–Crippen LogP) is 3.75. The zero-order valence-electron chi connectivity index (χ0n) is 19.0. The number of amides is 2. The Kier molecular flexibility index (Phi) is 7.43. The highest BCUT2D eigenvalue weighted by Gasteiger charge is 2.22. The van der Waals surface area contributed by atoms with E-state index in [-0.39, 0.29) is 30.4 Å². The topological polar surface area (TPSA) is 85.3 Å². The fraction of sp³-hybridized carbons (Fsp3) is 0.320. The van der Waals surface area contributed by atoms with Crippen molar-refractivity contribution in [2.45, 2.75) is 39.7 Å². The van der Waals surface area contributed by atoms with Crippen LogP contribution in [0, 0.1) is 6.92 Å². The molecule has 0 fully saturated rings. The average molecular weight is 435 g/mol. The molecule has 32 heavy (non-hydrogen) atoms. The fourth-order valence-corrected chi connectivity index (χ4v) is 3.07. The highest BCUT2D eigenvalue weighted by atomic mass is 16.5. The molecule has 2 amide bonds. The molecular formula is C25H30N4O3. The Morgan fingerprint density at radius 2 is 1.69 bits per heavy atom. The summed E-state index contributed by atoms with van der Waals surface area (Å²) in [6.45, 7) is 8.27. The summed E-state index contributed by atoms with van der Waals surface area (Å²) in [6, 6.07) is 19.3. The molecule has 0 saturated carbocycles. The third-order valence-corrected chi connectivity index (χ3v) is 4.88. The molecule has 3 rings (SSSR count). The minimum Gasteiger partial charge on any atom is -0.367 e. The number of benzene rings is 2. The Morgan fingerprint density at radius 1 is 1.00 bits per heavy atom. The second-order valence-corrected chi connectivity index (χ2v) is 8.67. The number of nitrogens with one attached hydrogen (secondary N) is 2. The molecule has 0 spiro atoms. The highest BCUT2D eigenvalue weighted by molar-refractivity contribution is 5.94. The number of aromatic nitrogens is 2. The monoisotopic (exact) mass is 434 g/mol. The van der Waals surface area contributed by atoms with Crippen molar-refractivity contribution >= 4 is 17.6 Å². The lowest BCUT2D eigenvalue weighted by Crippen LogP contribution is -2.35. The standard InChI is InChI=1S/C25H30N4O3/c1-18-10-8-9-13-20(18)29-22(14-21(28-29)25(2,3)4)27-23(30)15-26-24(31)17-32-16-19-11-6-5-7-12-19/h5-14H,15-17H2,1-4H3,(H,26,31)(H,27,30). The van der Waals surface area contributed by atoms with Gasteiger partial charge in [0, 0.05) is 11.5 Å². The number of para-hydroxylation sites is 1. The molecule has 2 N–H and O–H groups in total. The van der Waals surface area contributed by atoms with Crippen LogP contribution in [0.15, 0.2) is 60.7 Å². The van der Waals surface area contributed by atoms with Crippen LogP contribution in [0.25, 0.3) is 5.69 Å². The minimum atomic E-state index is -0.348. The maximum absolute atomic E-state index is 12.5. The molecule has 0 atom stereocenters. The van der Waals surface area contributed by atoms with Crippen LogP contribution >= 0.6 is 0 Å². The van der Waals surface area contributed by atoms with Gasteiger partial charge in [0.15, 0.2) is 0 Å². The summed E-state index contributed by atoms with van der Waals surface area (Å²) in [5, 5.41) is 10.2. The van der Waals surface area contributed by atoms with Crippen LogP contribution in [-0.2, 0) is 26.3 Å². The average Bonchev–Trinajstić information content (AvgIpc) is 3.17. The fourth-order valence-electron chi connectivity index (χ4n) is 3.07. The number of nitrogens with zero attached hydrogens (tertiary/aromatic N) is 2. The molecule has 0 aliphatic carbocycles. The lowest BCUT2D eigenvalue weighted by atomic mass is 9.92. The molecule has 2 aromatic carbocycles. The van der Waals surface area contributed by atoms with E-state index in [1.807, 2.05) is 67.6 Å². The summed E-state index contributed by atoms with van der Waals surface area (Å²) in [7, 11) is 0. The van der Waals surface area contributed by atoms with Gasteiger partial charge in [0.2, 0.25) is 11.8 Å². The number of hydrogen-bond donors (Lipinski definition) is 2. The molecule has 0 aliphatic heterocycles. The van der Waals surface area contributed by atoms with Gasteiger partial charge in [-0.25, -0.2) is 4.68 Å². The molecule has 0 saturated heterocycles. The molecule has 0 bridgehead atoms. The molecule has 7 heteroatoms. The van der Waals surface area contributed by atoms with Gasteiger partial charge in [-0.3, -0.25) is 9.59 Å². The van der Waals surface area contributed by atoms with Gasteiger partial charge >= 0.3 is 0 Å². The van der Waals surface area contributed by atoms with Crippen LogP contribution in [0.5, 0.6) is 0 Å². The first-order valence-corrected chi connectivity index (χ1v) is 10.6. The van der Waals surface area contributed by atoms with E-state index in [9.17, 15) is 9.59 Å². The van der Waals surface area contributed by atoms with Crippen molar-refractivity contribution in [2.75, 3.05) is 18.5 Å². The number of hydrogen-bond acceptors (Lipinski definition) is 4. The normalized spacial score (nSPS) is 11.2. The van der Waals surface area contributed by atoms with Gasteiger partial charge in [-0.1, -0.05) is 69.3 Å². The van der Waals surface area contributed by atoms with E-state index in [0.29, 0.717) is 12.4 Å². The molecule has 0 radical (unpaired) electrons. The first-order valence-electron chi connectivity index (χ1n) is 10.6. The van der Waals surface area contributed by atoms with E-state index in [4.69, 9.17) is 9.84 Å². The molecule has 0 aliphatic rings. The first kappa shape index (κ1) is 23.2. The van der Waals surface area contributed by atoms with E-state index < -0.39 is 0 Å². The molecule has 3 aromatic rings. The van der Waals surface area contributed by atoms with Crippen molar-refractivity contribution in [3.05, 3.63) is 77.5 Å². The van der Waals surface area contributed by atoms with Gasteiger partial charge < -0.3 is 15.4 Å². The Bertz CT molecular complexity index is 1070. The maximum atomic E-state index is 12.5. The van der Waals surface area contributed by atoms with Crippen molar-refractivity contribution in [1.29, 1.82) is 0 Å². The molecule has 1 heterocycles. The number of anilines is 1. The molecule has 0 unspecified atom stereocenters. The number of aryl methyl sites for hydroxylation is 1. The van der Waals surface area contributed by atoms with Crippen LogP contribution in [-0.4, -0.2) is 34.7 Å². The number of carbonyl (C=O) groups excluding carboxylic acids is 2. The van der Waals surface area contributed by atoms with E-state index in [0.717, 1.165) is 22.5 Å². The second-order valence-electron chi connectivity index (χ2n) is 8.67. The van der Waals surface area contributed by atoms with Gasteiger partial charge in [0.05, 0.1) is 24.5 Å². The second kappa shape index (κ2) is 10.2. The Morgan fingerprint density at radius 3 is 2.38 bits per heavy atom. The summed E-state index contributed by atoms with van der Waals surface area (Å²) >= 11 is 0. The van der Waals surface area contributed by atoms with Gasteiger partial charge in [-0.2, -0.15) is 5.10 Å². The SMILES string of the molecule is Cc1ccccc1-n1nc(C(C)(C)C)cc1NC(=O)CNC(=O)COCc1ccccc1. The highest BCUT2D eigenvalue weighted by Crippen LogP contribution is 2.27. The largest absolute Gasteiger partial charge is 0.367 e. The van der Waals surface area contributed by atoms with Crippen LogP contribution in [0.1, 0.15) is 37.6 Å². The lowest BCUT2D eigenvalue weighted by molar-refractivity contribution is -0.128. The van der Waals surface area contributed by atoms with E-state index in [1.165, 1.54) is 0 Å². The zero-order chi connectivity index (χ0) is 23.1. The van der Waals surface area contributed by atoms with Crippen molar-refractivity contribution in [3.8, 4) is 5.69 Å². The summed E-state index contributed by atoms with van der Waals surface area (Å²) in [5.74, 6) is -0.126. The summed E-state index contributed by atoms with van der Waals surface area (Å²) in [6.07, 6.45) is 0. The molecule has 168 valence electrons. The molecule has 1 aromatic heterocycles. The van der Waals surface area contributed by atoms with Crippen molar-refractivity contribution in [3.63, 3.8) is 0 Å². The zero-order valence-corrected chi connectivity index (χ0v) is 19.0. The maximum Gasteiger partial charge on any atom is 0.246 e. The number of rotatable bonds is 8. The third-order valence-electron chi connectivity index (χ3n) is 4.88. The Labute approximate surface area is 188 Å².